The molecule has 1 heteroatoms. The lowest BCUT2D eigenvalue weighted by Crippen LogP contribution is -1.98. The van der Waals surface area contributed by atoms with Crippen LogP contribution >= 0.6 is 0 Å². The van der Waals surface area contributed by atoms with Crippen molar-refractivity contribution >= 4 is 0 Å². The first-order chi connectivity index (χ1) is 8.93. The van der Waals surface area contributed by atoms with E-state index >= 15 is 0 Å². The molecule has 0 spiro atoms. The summed E-state index contributed by atoms with van der Waals surface area (Å²) in [6, 6.07) is 10.7. The van der Waals surface area contributed by atoms with Crippen LogP contribution in [0.4, 0.5) is 0 Å². The van der Waals surface area contributed by atoms with Gasteiger partial charge in [-0.3, -0.25) is 0 Å². The molecule has 18 heavy (non-hydrogen) atoms. The number of rotatable bonds is 11. The molecule has 0 atom stereocenters. The molecule has 1 aromatic carbocycles. The second-order valence-corrected chi connectivity index (χ2v) is 4.97. The number of hydrogen-bond donors (Lipinski definition) is 0. The summed E-state index contributed by atoms with van der Waals surface area (Å²) < 4.78 is 5.65. The first-order valence-electron chi connectivity index (χ1n) is 7.55. The van der Waals surface area contributed by atoms with E-state index in [2.05, 4.69) is 37.3 Å². The van der Waals surface area contributed by atoms with Gasteiger partial charge >= 0.3 is 0 Å². The Morgan fingerprint density at radius 2 is 1.44 bits per heavy atom. The van der Waals surface area contributed by atoms with E-state index in [9.17, 15) is 0 Å². The van der Waals surface area contributed by atoms with E-state index < -0.39 is 0 Å². The average molecular weight is 248 g/mol. The maximum atomic E-state index is 5.65. The van der Waals surface area contributed by atoms with Gasteiger partial charge in [0, 0.05) is 13.2 Å². The molecule has 0 aliphatic carbocycles. The highest BCUT2D eigenvalue weighted by Gasteiger charge is 1.93. The zero-order valence-corrected chi connectivity index (χ0v) is 11.9. The fourth-order valence-corrected chi connectivity index (χ4v) is 2.09. The number of ether oxygens (including phenoxy) is 1. The van der Waals surface area contributed by atoms with Crippen LogP contribution in [0.15, 0.2) is 30.3 Å². The lowest BCUT2D eigenvalue weighted by Gasteiger charge is -2.04. The minimum atomic E-state index is 0.931. The third kappa shape index (κ3) is 8.30. The van der Waals surface area contributed by atoms with Crippen molar-refractivity contribution < 1.29 is 4.74 Å². The van der Waals surface area contributed by atoms with E-state index in [0.717, 1.165) is 13.2 Å². The molecule has 0 aliphatic rings. The van der Waals surface area contributed by atoms with Crippen molar-refractivity contribution in [2.24, 2.45) is 0 Å². The Balaban J connectivity index is 1.82. The molecule has 0 saturated heterocycles. The van der Waals surface area contributed by atoms with Crippen molar-refractivity contribution in [3.8, 4) is 0 Å². The smallest absolute Gasteiger partial charge is 0.0466 e. The van der Waals surface area contributed by atoms with Crippen LogP contribution in [0.5, 0.6) is 0 Å². The third-order valence-electron chi connectivity index (χ3n) is 3.24. The molecule has 0 bridgehead atoms. The predicted molar refractivity (Wildman–Crippen MR) is 79.0 cm³/mol. The normalized spacial score (nSPS) is 10.7. The summed E-state index contributed by atoms with van der Waals surface area (Å²) in [5.41, 5.74) is 1.44. The third-order valence-corrected chi connectivity index (χ3v) is 3.24. The van der Waals surface area contributed by atoms with Gasteiger partial charge in [-0.25, -0.2) is 0 Å². The molecule has 0 aliphatic heterocycles. The zero-order valence-electron chi connectivity index (χ0n) is 11.9. The van der Waals surface area contributed by atoms with Crippen LogP contribution in [0.1, 0.15) is 57.4 Å². The van der Waals surface area contributed by atoms with Gasteiger partial charge in [-0.2, -0.15) is 0 Å². The molecule has 1 nitrogen and oxygen atoms in total. The van der Waals surface area contributed by atoms with E-state index in [1.807, 2.05) is 0 Å². The van der Waals surface area contributed by atoms with Crippen molar-refractivity contribution in [1.29, 1.82) is 0 Å². The lowest BCUT2D eigenvalue weighted by molar-refractivity contribution is 0.126. The SMILES string of the molecule is CCCCCCCOCCCCc1ccccc1. The van der Waals surface area contributed by atoms with Gasteiger partial charge in [-0.15, -0.1) is 0 Å². The molecular formula is C17H28O. The largest absolute Gasteiger partial charge is 0.381 e. The van der Waals surface area contributed by atoms with E-state index in [4.69, 9.17) is 4.74 Å². The highest BCUT2D eigenvalue weighted by Crippen LogP contribution is 2.05. The molecule has 1 rings (SSSR count). The van der Waals surface area contributed by atoms with Crippen LogP contribution in [-0.2, 0) is 11.2 Å². The monoisotopic (exact) mass is 248 g/mol. The second-order valence-electron chi connectivity index (χ2n) is 4.97. The summed E-state index contributed by atoms with van der Waals surface area (Å²) in [7, 11) is 0. The molecule has 0 amide bonds. The maximum Gasteiger partial charge on any atom is 0.0466 e. The minimum absolute atomic E-state index is 0.931. The van der Waals surface area contributed by atoms with Crippen LogP contribution in [0.2, 0.25) is 0 Å². The molecular weight excluding hydrogens is 220 g/mol. The minimum Gasteiger partial charge on any atom is -0.381 e. The fourth-order valence-electron chi connectivity index (χ4n) is 2.09. The van der Waals surface area contributed by atoms with Gasteiger partial charge in [0.1, 0.15) is 0 Å². The summed E-state index contributed by atoms with van der Waals surface area (Å²) in [5.74, 6) is 0. The van der Waals surface area contributed by atoms with Crippen molar-refractivity contribution in [3.63, 3.8) is 0 Å². The van der Waals surface area contributed by atoms with Crippen molar-refractivity contribution in [2.45, 2.75) is 58.3 Å². The number of hydrogen-bond acceptors (Lipinski definition) is 1. The number of aryl methyl sites for hydroxylation is 1. The predicted octanol–water partition coefficient (Wildman–Crippen LogP) is 5.00. The summed E-state index contributed by atoms with van der Waals surface area (Å²) in [5, 5.41) is 0. The highest BCUT2D eigenvalue weighted by atomic mass is 16.5. The lowest BCUT2D eigenvalue weighted by atomic mass is 10.1. The summed E-state index contributed by atoms with van der Waals surface area (Å²) in [6.45, 7) is 4.14. The molecule has 1 aromatic rings. The fraction of sp³-hybridized carbons (Fsp3) is 0.647. The van der Waals surface area contributed by atoms with Crippen LogP contribution in [0.3, 0.4) is 0 Å². The maximum absolute atomic E-state index is 5.65. The summed E-state index contributed by atoms with van der Waals surface area (Å²) >= 11 is 0. The average Bonchev–Trinajstić information content (AvgIpc) is 2.42. The van der Waals surface area contributed by atoms with Gasteiger partial charge in [0.15, 0.2) is 0 Å². The Kier molecular flexibility index (Phi) is 9.55. The van der Waals surface area contributed by atoms with Gasteiger partial charge in [0.05, 0.1) is 0 Å². The van der Waals surface area contributed by atoms with Gasteiger partial charge < -0.3 is 4.74 Å². The summed E-state index contributed by atoms with van der Waals surface area (Å²) in [4.78, 5) is 0. The van der Waals surface area contributed by atoms with E-state index in [1.54, 1.807) is 0 Å². The second kappa shape index (κ2) is 11.3. The molecule has 0 aromatic heterocycles. The van der Waals surface area contributed by atoms with Crippen LogP contribution in [-0.4, -0.2) is 13.2 Å². The van der Waals surface area contributed by atoms with Crippen molar-refractivity contribution in [2.75, 3.05) is 13.2 Å². The van der Waals surface area contributed by atoms with E-state index in [1.165, 1.54) is 56.9 Å². The van der Waals surface area contributed by atoms with Crippen LogP contribution in [0, 0.1) is 0 Å². The molecule has 0 fully saturated rings. The highest BCUT2D eigenvalue weighted by molar-refractivity contribution is 5.14. The zero-order chi connectivity index (χ0) is 12.9. The van der Waals surface area contributed by atoms with Gasteiger partial charge in [0.2, 0.25) is 0 Å². The first-order valence-corrected chi connectivity index (χ1v) is 7.55. The summed E-state index contributed by atoms with van der Waals surface area (Å²) in [6.07, 6.45) is 10.2. The Bertz CT molecular complexity index is 268. The van der Waals surface area contributed by atoms with Gasteiger partial charge in [-0.1, -0.05) is 62.9 Å². The molecule has 102 valence electrons. The number of benzene rings is 1. The Hall–Kier alpha value is -0.820. The first kappa shape index (κ1) is 15.2. The van der Waals surface area contributed by atoms with Crippen LogP contribution < -0.4 is 0 Å². The van der Waals surface area contributed by atoms with Crippen molar-refractivity contribution in [1.82, 2.24) is 0 Å². The molecule has 0 unspecified atom stereocenters. The Morgan fingerprint density at radius 3 is 2.17 bits per heavy atom. The van der Waals surface area contributed by atoms with E-state index in [0.29, 0.717) is 0 Å². The molecule has 0 radical (unpaired) electrons. The van der Waals surface area contributed by atoms with Gasteiger partial charge in [0.25, 0.3) is 0 Å². The molecule has 0 N–H and O–H groups in total. The van der Waals surface area contributed by atoms with Crippen LogP contribution in [0.25, 0.3) is 0 Å². The Labute approximate surface area is 113 Å². The standard InChI is InChI=1S/C17H28O/c1-2-3-4-5-10-15-18-16-11-9-14-17-12-7-6-8-13-17/h6-8,12-13H,2-5,9-11,14-16H2,1H3. The molecule has 0 saturated carbocycles. The van der Waals surface area contributed by atoms with Gasteiger partial charge in [-0.05, 0) is 31.2 Å². The van der Waals surface area contributed by atoms with E-state index in [-0.39, 0.29) is 0 Å². The Morgan fingerprint density at radius 1 is 0.778 bits per heavy atom. The quantitative estimate of drug-likeness (QED) is 0.501. The topological polar surface area (TPSA) is 9.23 Å². The molecule has 0 heterocycles. The van der Waals surface area contributed by atoms with Crippen molar-refractivity contribution in [3.05, 3.63) is 35.9 Å². The number of unbranched alkanes of at least 4 members (excludes halogenated alkanes) is 5.